The average molecular weight is 295 g/mol. The molecule has 1 aromatic rings. The monoisotopic (exact) mass is 295 g/mol. The summed E-state index contributed by atoms with van der Waals surface area (Å²) in [7, 11) is 1.56. The van der Waals surface area contributed by atoms with E-state index in [-0.39, 0.29) is 11.4 Å². The Balaban J connectivity index is 1.70. The SMILES string of the molecule is COc1cc(F)ccc1NC1CCOC2(CCOCC2)C1. The van der Waals surface area contributed by atoms with Crippen molar-refractivity contribution in [3.05, 3.63) is 24.0 Å². The zero-order valence-corrected chi connectivity index (χ0v) is 12.4. The van der Waals surface area contributed by atoms with Crippen LogP contribution < -0.4 is 10.1 Å². The highest BCUT2D eigenvalue weighted by atomic mass is 19.1. The van der Waals surface area contributed by atoms with Gasteiger partial charge in [-0.1, -0.05) is 0 Å². The van der Waals surface area contributed by atoms with Crippen LogP contribution in [0, 0.1) is 5.82 Å². The van der Waals surface area contributed by atoms with Gasteiger partial charge in [0.1, 0.15) is 11.6 Å². The molecule has 0 bridgehead atoms. The van der Waals surface area contributed by atoms with Crippen LogP contribution in [0.1, 0.15) is 25.7 Å². The van der Waals surface area contributed by atoms with Gasteiger partial charge < -0.3 is 19.5 Å². The van der Waals surface area contributed by atoms with E-state index in [1.165, 1.54) is 12.1 Å². The Hall–Kier alpha value is -1.33. The maximum atomic E-state index is 13.3. The molecule has 1 aromatic carbocycles. The Morgan fingerprint density at radius 3 is 2.86 bits per heavy atom. The van der Waals surface area contributed by atoms with E-state index in [1.54, 1.807) is 13.2 Å². The Labute approximate surface area is 124 Å². The minimum Gasteiger partial charge on any atom is -0.494 e. The molecule has 1 atom stereocenters. The van der Waals surface area contributed by atoms with E-state index in [0.29, 0.717) is 11.8 Å². The Morgan fingerprint density at radius 2 is 2.10 bits per heavy atom. The Bertz CT molecular complexity index is 483. The second-order valence-electron chi connectivity index (χ2n) is 5.82. The van der Waals surface area contributed by atoms with E-state index < -0.39 is 0 Å². The van der Waals surface area contributed by atoms with Crippen molar-refractivity contribution in [2.45, 2.75) is 37.3 Å². The molecule has 2 saturated heterocycles. The van der Waals surface area contributed by atoms with Gasteiger partial charge in [0.2, 0.25) is 0 Å². The maximum absolute atomic E-state index is 13.3. The molecule has 2 aliphatic heterocycles. The summed E-state index contributed by atoms with van der Waals surface area (Å²) in [5, 5.41) is 3.49. The number of hydrogen-bond donors (Lipinski definition) is 1. The summed E-state index contributed by atoms with van der Waals surface area (Å²) in [5.41, 5.74) is 0.787. The lowest BCUT2D eigenvalue weighted by Gasteiger charge is -2.43. The van der Waals surface area contributed by atoms with Gasteiger partial charge in [-0.15, -0.1) is 0 Å². The van der Waals surface area contributed by atoms with Crippen molar-refractivity contribution in [3.63, 3.8) is 0 Å². The molecule has 2 heterocycles. The van der Waals surface area contributed by atoms with Crippen LogP contribution in [0.25, 0.3) is 0 Å². The number of halogens is 1. The van der Waals surface area contributed by atoms with Gasteiger partial charge in [0.25, 0.3) is 0 Å². The smallest absolute Gasteiger partial charge is 0.144 e. The van der Waals surface area contributed by atoms with Gasteiger partial charge in [-0.05, 0) is 37.8 Å². The fraction of sp³-hybridized carbons (Fsp3) is 0.625. The molecule has 1 spiro atoms. The molecule has 3 rings (SSSR count). The summed E-state index contributed by atoms with van der Waals surface area (Å²) in [6.45, 7) is 2.29. The second-order valence-corrected chi connectivity index (χ2v) is 5.82. The molecule has 2 aliphatic rings. The van der Waals surface area contributed by atoms with Gasteiger partial charge in [-0.3, -0.25) is 0 Å². The van der Waals surface area contributed by atoms with Crippen LogP contribution in [0.5, 0.6) is 5.75 Å². The summed E-state index contributed by atoms with van der Waals surface area (Å²) in [4.78, 5) is 0. The number of rotatable bonds is 3. The van der Waals surface area contributed by atoms with Crippen molar-refractivity contribution in [2.24, 2.45) is 0 Å². The molecule has 2 fully saturated rings. The normalized spacial score (nSPS) is 24.8. The lowest BCUT2D eigenvalue weighted by Crippen LogP contribution is -2.47. The van der Waals surface area contributed by atoms with Gasteiger partial charge >= 0.3 is 0 Å². The zero-order valence-electron chi connectivity index (χ0n) is 12.4. The van der Waals surface area contributed by atoms with E-state index >= 15 is 0 Å². The van der Waals surface area contributed by atoms with Crippen molar-refractivity contribution in [1.82, 2.24) is 0 Å². The highest BCUT2D eigenvalue weighted by Gasteiger charge is 2.39. The molecule has 0 amide bonds. The van der Waals surface area contributed by atoms with Crippen LogP contribution in [0.3, 0.4) is 0 Å². The van der Waals surface area contributed by atoms with Crippen LogP contribution >= 0.6 is 0 Å². The summed E-state index contributed by atoms with van der Waals surface area (Å²) in [6, 6.07) is 4.91. The molecule has 1 unspecified atom stereocenters. The second kappa shape index (κ2) is 6.20. The van der Waals surface area contributed by atoms with E-state index in [1.807, 2.05) is 0 Å². The first-order valence-corrected chi connectivity index (χ1v) is 7.53. The van der Waals surface area contributed by atoms with E-state index in [4.69, 9.17) is 14.2 Å². The highest BCUT2D eigenvalue weighted by molar-refractivity contribution is 5.57. The Kier molecular flexibility index (Phi) is 4.31. The summed E-state index contributed by atoms with van der Waals surface area (Å²) in [6.07, 6.45) is 3.80. The topological polar surface area (TPSA) is 39.7 Å². The molecule has 1 N–H and O–H groups in total. The number of ether oxygens (including phenoxy) is 3. The molecular formula is C16H22FNO3. The standard InChI is InChI=1S/C16H22FNO3/c1-19-15-10-12(17)2-3-14(15)18-13-4-7-21-16(11-13)5-8-20-9-6-16/h2-3,10,13,18H,4-9,11H2,1H3. The van der Waals surface area contributed by atoms with Gasteiger partial charge in [0.15, 0.2) is 0 Å². The van der Waals surface area contributed by atoms with Crippen molar-refractivity contribution >= 4 is 5.69 Å². The van der Waals surface area contributed by atoms with Crippen molar-refractivity contribution < 1.29 is 18.6 Å². The molecule has 21 heavy (non-hydrogen) atoms. The predicted octanol–water partition coefficient (Wildman–Crippen LogP) is 2.97. The average Bonchev–Trinajstić information content (AvgIpc) is 2.50. The van der Waals surface area contributed by atoms with E-state index in [9.17, 15) is 4.39 Å². The summed E-state index contributed by atoms with van der Waals surface area (Å²) >= 11 is 0. The minimum absolute atomic E-state index is 0.0541. The van der Waals surface area contributed by atoms with Crippen molar-refractivity contribution in [3.8, 4) is 5.75 Å². The molecular weight excluding hydrogens is 273 g/mol. The third-order valence-corrected chi connectivity index (χ3v) is 4.42. The molecule has 116 valence electrons. The van der Waals surface area contributed by atoms with Crippen LogP contribution in [-0.4, -0.2) is 38.6 Å². The number of anilines is 1. The van der Waals surface area contributed by atoms with Crippen molar-refractivity contribution in [1.29, 1.82) is 0 Å². The summed E-state index contributed by atoms with van der Waals surface area (Å²) in [5.74, 6) is 0.257. The van der Waals surface area contributed by atoms with E-state index in [0.717, 1.165) is 51.2 Å². The van der Waals surface area contributed by atoms with Gasteiger partial charge in [0, 0.05) is 31.9 Å². The van der Waals surface area contributed by atoms with E-state index in [2.05, 4.69) is 5.32 Å². The number of hydrogen-bond acceptors (Lipinski definition) is 4. The molecule has 0 radical (unpaired) electrons. The first-order chi connectivity index (χ1) is 10.2. The van der Waals surface area contributed by atoms with Crippen LogP contribution in [0.2, 0.25) is 0 Å². The first-order valence-electron chi connectivity index (χ1n) is 7.53. The summed E-state index contributed by atoms with van der Waals surface area (Å²) < 4.78 is 30.0. The quantitative estimate of drug-likeness (QED) is 0.930. The lowest BCUT2D eigenvalue weighted by atomic mass is 9.84. The van der Waals surface area contributed by atoms with Gasteiger partial charge in [0.05, 0.1) is 18.4 Å². The molecule has 0 aliphatic carbocycles. The first kappa shape index (κ1) is 14.6. The molecule has 4 nitrogen and oxygen atoms in total. The van der Waals surface area contributed by atoms with Crippen LogP contribution in [0.15, 0.2) is 18.2 Å². The van der Waals surface area contributed by atoms with Crippen molar-refractivity contribution in [2.75, 3.05) is 32.2 Å². The van der Waals surface area contributed by atoms with Crippen LogP contribution in [-0.2, 0) is 9.47 Å². The van der Waals surface area contributed by atoms with Crippen LogP contribution in [0.4, 0.5) is 10.1 Å². The largest absolute Gasteiger partial charge is 0.494 e. The molecule has 5 heteroatoms. The highest BCUT2D eigenvalue weighted by Crippen LogP contribution is 2.36. The Morgan fingerprint density at radius 1 is 1.29 bits per heavy atom. The van der Waals surface area contributed by atoms with Gasteiger partial charge in [-0.2, -0.15) is 0 Å². The molecule has 0 aromatic heterocycles. The molecule has 0 saturated carbocycles. The third kappa shape index (κ3) is 3.30. The maximum Gasteiger partial charge on any atom is 0.144 e. The number of nitrogens with one attached hydrogen (secondary N) is 1. The number of benzene rings is 1. The fourth-order valence-electron chi connectivity index (χ4n) is 3.25. The predicted molar refractivity (Wildman–Crippen MR) is 78.3 cm³/mol. The number of methoxy groups -OCH3 is 1. The fourth-order valence-corrected chi connectivity index (χ4v) is 3.25. The zero-order chi connectivity index (χ0) is 14.7. The van der Waals surface area contributed by atoms with Gasteiger partial charge in [-0.25, -0.2) is 4.39 Å². The lowest BCUT2D eigenvalue weighted by molar-refractivity contribution is -0.135. The minimum atomic E-state index is -0.287. The third-order valence-electron chi connectivity index (χ3n) is 4.42.